The van der Waals surface area contributed by atoms with Crippen LogP contribution in [-0.2, 0) is 11.2 Å². The van der Waals surface area contributed by atoms with Crippen molar-refractivity contribution in [1.29, 1.82) is 0 Å². The molecule has 0 bridgehead atoms. The highest BCUT2D eigenvalue weighted by molar-refractivity contribution is 5.81. The first-order valence-corrected chi connectivity index (χ1v) is 6.33. The molecule has 1 unspecified atom stereocenters. The van der Waals surface area contributed by atoms with Crippen molar-refractivity contribution in [3.8, 4) is 0 Å². The normalized spacial score (nSPS) is 14.0. The summed E-state index contributed by atoms with van der Waals surface area (Å²) in [5.74, 6) is -0.369. The fraction of sp³-hybridized carbons (Fsp3) is 0.500. The molecule has 1 rings (SSSR count). The van der Waals surface area contributed by atoms with E-state index in [2.05, 4.69) is 5.32 Å². The van der Waals surface area contributed by atoms with Gasteiger partial charge in [-0.1, -0.05) is 25.5 Å². The van der Waals surface area contributed by atoms with Gasteiger partial charge in [0.05, 0.1) is 6.04 Å². The van der Waals surface area contributed by atoms with Crippen molar-refractivity contribution in [2.24, 2.45) is 5.73 Å². The van der Waals surface area contributed by atoms with Gasteiger partial charge < -0.3 is 11.1 Å². The number of carbonyl (C=O) groups is 1. The maximum Gasteiger partial charge on any atom is 0.237 e. The molecule has 18 heavy (non-hydrogen) atoms. The smallest absolute Gasteiger partial charge is 0.237 e. The molecule has 2 atom stereocenters. The molecule has 1 aromatic carbocycles. The van der Waals surface area contributed by atoms with Crippen LogP contribution < -0.4 is 11.1 Å². The highest BCUT2D eigenvalue weighted by atomic mass is 19.1. The third kappa shape index (κ3) is 4.84. The summed E-state index contributed by atoms with van der Waals surface area (Å²) < 4.78 is 12.7. The highest BCUT2D eigenvalue weighted by Gasteiger charge is 2.14. The molecular weight excluding hydrogens is 231 g/mol. The van der Waals surface area contributed by atoms with E-state index in [4.69, 9.17) is 5.73 Å². The minimum atomic E-state index is -0.439. The summed E-state index contributed by atoms with van der Waals surface area (Å²) in [5, 5.41) is 2.87. The zero-order valence-electron chi connectivity index (χ0n) is 10.9. The molecule has 0 saturated heterocycles. The van der Waals surface area contributed by atoms with E-state index in [1.165, 1.54) is 12.1 Å². The molecule has 0 spiro atoms. The van der Waals surface area contributed by atoms with E-state index < -0.39 is 6.04 Å². The molecule has 3 N–H and O–H groups in total. The van der Waals surface area contributed by atoms with Gasteiger partial charge in [0.25, 0.3) is 0 Å². The second-order valence-electron chi connectivity index (χ2n) is 4.64. The maximum absolute atomic E-state index is 12.7. The van der Waals surface area contributed by atoms with Crippen LogP contribution in [0.4, 0.5) is 4.39 Å². The Kier molecular flexibility index (Phi) is 5.78. The van der Waals surface area contributed by atoms with Crippen LogP contribution in [0.2, 0.25) is 0 Å². The Balaban J connectivity index is 2.43. The first-order valence-electron chi connectivity index (χ1n) is 6.33. The fourth-order valence-corrected chi connectivity index (χ4v) is 1.82. The van der Waals surface area contributed by atoms with Crippen molar-refractivity contribution in [2.45, 2.75) is 45.2 Å². The standard InChI is InChI=1S/C14H21FN2O/c1-3-4-13(16)14(18)17-10(2)9-11-5-7-12(15)8-6-11/h5-8,10,13H,3-4,9,16H2,1-2H3,(H,17,18)/t10?,13-/m1/s1. The van der Waals surface area contributed by atoms with Crippen molar-refractivity contribution in [3.05, 3.63) is 35.6 Å². The summed E-state index contributed by atoms with van der Waals surface area (Å²) in [5.41, 5.74) is 6.72. The van der Waals surface area contributed by atoms with Crippen LogP contribution in [-0.4, -0.2) is 18.0 Å². The number of amides is 1. The second kappa shape index (κ2) is 7.11. The molecule has 1 aromatic rings. The third-order valence-electron chi connectivity index (χ3n) is 2.78. The van der Waals surface area contributed by atoms with Gasteiger partial charge in [0.1, 0.15) is 5.82 Å². The van der Waals surface area contributed by atoms with Gasteiger partial charge in [0.2, 0.25) is 5.91 Å². The first kappa shape index (κ1) is 14.6. The van der Waals surface area contributed by atoms with E-state index in [1.807, 2.05) is 13.8 Å². The van der Waals surface area contributed by atoms with Crippen LogP contribution in [0, 0.1) is 5.82 Å². The van der Waals surface area contributed by atoms with Crippen LogP contribution in [0.3, 0.4) is 0 Å². The minimum absolute atomic E-state index is 0.00846. The number of benzene rings is 1. The minimum Gasteiger partial charge on any atom is -0.352 e. The predicted octanol–water partition coefficient (Wildman–Crippen LogP) is 2.00. The number of hydrogen-bond acceptors (Lipinski definition) is 2. The number of nitrogens with one attached hydrogen (secondary N) is 1. The van der Waals surface area contributed by atoms with Crippen molar-refractivity contribution in [1.82, 2.24) is 5.32 Å². The SMILES string of the molecule is CCC[C@@H](N)C(=O)NC(C)Cc1ccc(F)cc1. The number of halogens is 1. The summed E-state index contributed by atoms with van der Waals surface area (Å²) in [6.45, 7) is 3.91. The molecule has 0 radical (unpaired) electrons. The molecule has 0 aliphatic carbocycles. The summed E-state index contributed by atoms with van der Waals surface area (Å²) in [7, 11) is 0. The van der Waals surface area contributed by atoms with Gasteiger partial charge in [-0.3, -0.25) is 4.79 Å². The Morgan fingerprint density at radius 2 is 2.00 bits per heavy atom. The van der Waals surface area contributed by atoms with Crippen molar-refractivity contribution >= 4 is 5.91 Å². The van der Waals surface area contributed by atoms with Crippen LogP contribution in [0.25, 0.3) is 0 Å². The van der Waals surface area contributed by atoms with Gasteiger partial charge in [0.15, 0.2) is 0 Å². The molecule has 4 heteroatoms. The molecule has 100 valence electrons. The molecule has 0 aliphatic heterocycles. The molecular formula is C14H21FN2O. The predicted molar refractivity (Wildman–Crippen MR) is 70.6 cm³/mol. The van der Waals surface area contributed by atoms with E-state index in [0.717, 1.165) is 12.0 Å². The lowest BCUT2D eigenvalue weighted by Gasteiger charge is -2.17. The summed E-state index contributed by atoms with van der Waals surface area (Å²) in [6, 6.07) is 5.85. The summed E-state index contributed by atoms with van der Waals surface area (Å²) >= 11 is 0. The number of nitrogens with two attached hydrogens (primary N) is 1. The van der Waals surface area contributed by atoms with Gasteiger partial charge in [-0.05, 0) is 37.5 Å². The lowest BCUT2D eigenvalue weighted by Crippen LogP contribution is -2.45. The highest BCUT2D eigenvalue weighted by Crippen LogP contribution is 2.06. The van der Waals surface area contributed by atoms with Crippen LogP contribution in [0.1, 0.15) is 32.3 Å². The first-order chi connectivity index (χ1) is 8.52. The Bertz CT molecular complexity index is 378. The van der Waals surface area contributed by atoms with E-state index in [1.54, 1.807) is 12.1 Å². The van der Waals surface area contributed by atoms with Gasteiger partial charge in [-0.15, -0.1) is 0 Å². The molecule has 0 fully saturated rings. The maximum atomic E-state index is 12.7. The summed E-state index contributed by atoms with van der Waals surface area (Å²) in [4.78, 5) is 11.7. The second-order valence-corrected chi connectivity index (χ2v) is 4.64. The average Bonchev–Trinajstić information content (AvgIpc) is 2.32. The van der Waals surface area contributed by atoms with Crippen LogP contribution in [0.15, 0.2) is 24.3 Å². The van der Waals surface area contributed by atoms with Crippen LogP contribution in [0.5, 0.6) is 0 Å². The van der Waals surface area contributed by atoms with Crippen molar-refractivity contribution in [3.63, 3.8) is 0 Å². The van der Waals surface area contributed by atoms with Crippen molar-refractivity contribution < 1.29 is 9.18 Å². The van der Waals surface area contributed by atoms with E-state index >= 15 is 0 Å². The molecule has 0 aliphatic rings. The monoisotopic (exact) mass is 252 g/mol. The quantitative estimate of drug-likeness (QED) is 0.813. The zero-order valence-corrected chi connectivity index (χ0v) is 10.9. The van der Waals surface area contributed by atoms with E-state index in [-0.39, 0.29) is 17.8 Å². The molecule has 0 aromatic heterocycles. The van der Waals surface area contributed by atoms with E-state index in [9.17, 15) is 9.18 Å². The Labute approximate surface area is 108 Å². The van der Waals surface area contributed by atoms with E-state index in [0.29, 0.717) is 12.8 Å². The Hall–Kier alpha value is -1.42. The lowest BCUT2D eigenvalue weighted by molar-refractivity contribution is -0.123. The molecule has 1 amide bonds. The molecule has 3 nitrogen and oxygen atoms in total. The molecule has 0 saturated carbocycles. The Morgan fingerprint density at radius 3 is 2.56 bits per heavy atom. The Morgan fingerprint density at radius 1 is 1.39 bits per heavy atom. The third-order valence-corrected chi connectivity index (χ3v) is 2.78. The van der Waals surface area contributed by atoms with Crippen LogP contribution >= 0.6 is 0 Å². The number of carbonyl (C=O) groups excluding carboxylic acids is 1. The van der Waals surface area contributed by atoms with Gasteiger partial charge in [-0.2, -0.15) is 0 Å². The zero-order chi connectivity index (χ0) is 13.5. The topological polar surface area (TPSA) is 55.1 Å². The molecule has 0 heterocycles. The largest absolute Gasteiger partial charge is 0.352 e. The average molecular weight is 252 g/mol. The van der Waals surface area contributed by atoms with Gasteiger partial charge in [0, 0.05) is 6.04 Å². The fourth-order valence-electron chi connectivity index (χ4n) is 1.82. The number of hydrogen-bond donors (Lipinski definition) is 2. The lowest BCUT2D eigenvalue weighted by atomic mass is 10.1. The van der Waals surface area contributed by atoms with Gasteiger partial charge in [-0.25, -0.2) is 4.39 Å². The number of rotatable bonds is 6. The summed E-state index contributed by atoms with van der Waals surface area (Å²) in [6.07, 6.45) is 2.25. The van der Waals surface area contributed by atoms with Crippen molar-refractivity contribution in [2.75, 3.05) is 0 Å². The van der Waals surface area contributed by atoms with Gasteiger partial charge >= 0.3 is 0 Å².